The molecule has 0 aliphatic carbocycles. The highest BCUT2D eigenvalue weighted by Crippen LogP contribution is 2.37. The number of anilines is 1. The van der Waals surface area contributed by atoms with Gasteiger partial charge in [-0.05, 0) is 61.7 Å². The normalized spacial score (nSPS) is 16.1. The van der Waals surface area contributed by atoms with Crippen molar-refractivity contribution in [3.63, 3.8) is 0 Å². The quantitative estimate of drug-likeness (QED) is 0.353. The first kappa shape index (κ1) is 25.0. The summed E-state index contributed by atoms with van der Waals surface area (Å²) in [5.74, 6) is 1.23. The smallest absolute Gasteiger partial charge is 0.243 e. The lowest BCUT2D eigenvalue weighted by Gasteiger charge is -2.20. The van der Waals surface area contributed by atoms with Crippen LogP contribution in [0.3, 0.4) is 0 Å². The molecule has 0 bridgehead atoms. The molecule has 0 atom stereocenters. The molecule has 1 amide bonds. The average molecular weight is 554 g/mol. The van der Waals surface area contributed by atoms with E-state index in [1.165, 1.54) is 11.8 Å². The van der Waals surface area contributed by atoms with Crippen LogP contribution in [0.2, 0.25) is 0 Å². The summed E-state index contributed by atoms with van der Waals surface area (Å²) in [7, 11) is -3.53. The highest BCUT2D eigenvalue weighted by molar-refractivity contribution is 7.99. The van der Waals surface area contributed by atoms with Crippen molar-refractivity contribution in [3.05, 3.63) is 48.0 Å². The fourth-order valence-electron chi connectivity index (χ4n) is 4.86. The maximum absolute atomic E-state index is 13.0. The molecule has 0 radical (unpaired) electrons. The summed E-state index contributed by atoms with van der Waals surface area (Å²) < 4.78 is 40.5. The third kappa shape index (κ3) is 4.67. The first-order chi connectivity index (χ1) is 18.4. The third-order valence-electron chi connectivity index (χ3n) is 6.79. The Hall–Kier alpha value is -3.35. The number of pyridine rings is 1. The Morgan fingerprint density at radius 2 is 1.71 bits per heavy atom. The number of sulfonamides is 1. The fourth-order valence-corrected chi connectivity index (χ4v) is 7.12. The molecular weight excluding hydrogens is 526 g/mol. The molecule has 4 heterocycles. The lowest BCUT2D eigenvalue weighted by molar-refractivity contribution is -0.113. The highest BCUT2D eigenvalue weighted by Gasteiger charge is 2.25. The van der Waals surface area contributed by atoms with Crippen molar-refractivity contribution in [1.29, 1.82) is 0 Å². The van der Waals surface area contributed by atoms with Crippen molar-refractivity contribution in [2.45, 2.75) is 42.7 Å². The zero-order valence-corrected chi connectivity index (χ0v) is 22.5. The zero-order valence-electron chi connectivity index (χ0n) is 20.8. The summed E-state index contributed by atoms with van der Waals surface area (Å²) in [5.41, 5.74) is 3.06. The van der Waals surface area contributed by atoms with Gasteiger partial charge in [0, 0.05) is 30.2 Å². The molecule has 10 nitrogen and oxygen atoms in total. The van der Waals surface area contributed by atoms with Crippen LogP contribution in [0.25, 0.3) is 16.6 Å². The standard InChI is InChI=1S/C26H27N5O5S2/c1-17-12-18-13-22-23(36-16-35-22)14-21(18)31-25(17)28-29-26(31)37-15-24(32)27-19-6-8-20(9-7-19)38(33,34)30-10-4-2-3-5-11-30/h6-9,12-14H,2-5,10-11,15-16H2,1H3,(H,27,32). The molecule has 1 N–H and O–H groups in total. The number of carbonyl (C=O) groups excluding carboxylic acids is 1. The number of benzene rings is 2. The number of aryl methyl sites for hydroxylation is 1. The number of aromatic nitrogens is 3. The van der Waals surface area contributed by atoms with Gasteiger partial charge in [0.05, 0.1) is 16.2 Å². The van der Waals surface area contributed by atoms with Gasteiger partial charge in [0.1, 0.15) is 0 Å². The van der Waals surface area contributed by atoms with E-state index < -0.39 is 10.0 Å². The van der Waals surface area contributed by atoms with E-state index in [2.05, 4.69) is 15.5 Å². The van der Waals surface area contributed by atoms with E-state index in [1.807, 2.05) is 29.5 Å². The zero-order chi connectivity index (χ0) is 26.3. The summed E-state index contributed by atoms with van der Waals surface area (Å²) in [6, 6.07) is 12.2. The largest absolute Gasteiger partial charge is 0.454 e. The first-order valence-corrected chi connectivity index (χ1v) is 14.9. The molecule has 0 spiro atoms. The number of nitrogens with zero attached hydrogens (tertiary/aromatic N) is 4. The average Bonchev–Trinajstić information content (AvgIpc) is 3.45. The Labute approximate surface area is 224 Å². The number of amides is 1. The first-order valence-electron chi connectivity index (χ1n) is 12.5. The molecule has 2 aliphatic rings. The second-order valence-corrected chi connectivity index (χ2v) is 12.3. The Kier molecular flexibility index (Phi) is 6.62. The van der Waals surface area contributed by atoms with E-state index in [9.17, 15) is 13.2 Å². The van der Waals surface area contributed by atoms with Crippen LogP contribution in [-0.4, -0.2) is 58.9 Å². The molecule has 4 aromatic rings. The molecule has 1 fully saturated rings. The van der Waals surface area contributed by atoms with Gasteiger partial charge in [0.25, 0.3) is 0 Å². The minimum Gasteiger partial charge on any atom is -0.454 e. The number of ether oxygens (including phenoxy) is 2. The van der Waals surface area contributed by atoms with E-state index in [0.717, 1.165) is 42.1 Å². The Morgan fingerprint density at radius 3 is 2.45 bits per heavy atom. The van der Waals surface area contributed by atoms with Gasteiger partial charge in [-0.3, -0.25) is 9.20 Å². The van der Waals surface area contributed by atoms with E-state index >= 15 is 0 Å². The van der Waals surface area contributed by atoms with Crippen molar-refractivity contribution in [1.82, 2.24) is 18.9 Å². The van der Waals surface area contributed by atoms with Gasteiger partial charge in [-0.1, -0.05) is 24.6 Å². The van der Waals surface area contributed by atoms with Gasteiger partial charge >= 0.3 is 0 Å². The topological polar surface area (TPSA) is 115 Å². The van der Waals surface area contributed by atoms with Crippen LogP contribution in [0.1, 0.15) is 31.2 Å². The van der Waals surface area contributed by atoms with Gasteiger partial charge in [-0.25, -0.2) is 8.42 Å². The van der Waals surface area contributed by atoms with Crippen LogP contribution in [0.5, 0.6) is 11.5 Å². The number of carbonyl (C=O) groups is 1. The molecule has 12 heteroatoms. The molecule has 0 unspecified atom stereocenters. The van der Waals surface area contributed by atoms with Gasteiger partial charge in [0.2, 0.25) is 22.7 Å². The number of hydrogen-bond donors (Lipinski definition) is 1. The summed E-state index contributed by atoms with van der Waals surface area (Å²) in [4.78, 5) is 13.0. The van der Waals surface area contributed by atoms with Crippen LogP contribution < -0.4 is 14.8 Å². The molecular formula is C26H27N5O5S2. The highest BCUT2D eigenvalue weighted by atomic mass is 32.2. The van der Waals surface area contributed by atoms with Crippen LogP contribution in [0.4, 0.5) is 5.69 Å². The van der Waals surface area contributed by atoms with Crippen LogP contribution >= 0.6 is 11.8 Å². The van der Waals surface area contributed by atoms with E-state index in [-0.39, 0.29) is 23.3 Å². The Bertz CT molecular complexity index is 1630. The summed E-state index contributed by atoms with van der Waals surface area (Å²) in [6.45, 7) is 3.25. The minimum absolute atomic E-state index is 0.106. The molecule has 0 saturated carbocycles. The van der Waals surface area contributed by atoms with E-state index in [1.54, 1.807) is 28.6 Å². The van der Waals surface area contributed by atoms with Crippen LogP contribution in [-0.2, 0) is 14.8 Å². The van der Waals surface area contributed by atoms with Gasteiger partial charge in [-0.15, -0.1) is 10.2 Å². The minimum atomic E-state index is -3.53. The number of thioether (sulfide) groups is 1. The fraction of sp³-hybridized carbons (Fsp3) is 0.346. The third-order valence-corrected chi connectivity index (χ3v) is 9.64. The molecule has 198 valence electrons. The van der Waals surface area contributed by atoms with Crippen molar-refractivity contribution in [2.24, 2.45) is 0 Å². The van der Waals surface area contributed by atoms with Crippen molar-refractivity contribution < 1.29 is 22.7 Å². The predicted octanol–water partition coefficient (Wildman–Crippen LogP) is 4.22. The van der Waals surface area contributed by atoms with Gasteiger partial charge < -0.3 is 14.8 Å². The monoisotopic (exact) mass is 553 g/mol. The molecule has 2 aromatic carbocycles. The number of fused-ring (bicyclic) bond motifs is 4. The SMILES string of the molecule is Cc1cc2cc3c(cc2n2c(SCC(=O)Nc4ccc(S(=O)(=O)N5CCCCCC5)cc4)nnc12)OCO3. The Balaban J connectivity index is 1.16. The van der Waals surface area contributed by atoms with E-state index in [4.69, 9.17) is 9.47 Å². The van der Waals surface area contributed by atoms with Crippen molar-refractivity contribution in [2.75, 3.05) is 31.0 Å². The molecule has 2 aliphatic heterocycles. The number of nitrogens with one attached hydrogen (secondary N) is 1. The maximum atomic E-state index is 13.0. The maximum Gasteiger partial charge on any atom is 0.243 e. The summed E-state index contributed by atoms with van der Waals surface area (Å²) in [6.07, 6.45) is 3.87. The van der Waals surface area contributed by atoms with Gasteiger partial charge in [-0.2, -0.15) is 4.31 Å². The molecule has 1 saturated heterocycles. The predicted molar refractivity (Wildman–Crippen MR) is 144 cm³/mol. The van der Waals surface area contributed by atoms with Crippen molar-refractivity contribution in [3.8, 4) is 11.5 Å². The van der Waals surface area contributed by atoms with E-state index in [0.29, 0.717) is 41.1 Å². The Morgan fingerprint density at radius 1 is 1.00 bits per heavy atom. The van der Waals surface area contributed by atoms with Gasteiger partial charge in [0.15, 0.2) is 22.3 Å². The summed E-state index contributed by atoms with van der Waals surface area (Å²) in [5, 5.41) is 13.0. The lowest BCUT2D eigenvalue weighted by Crippen LogP contribution is -2.31. The van der Waals surface area contributed by atoms with Crippen LogP contribution in [0.15, 0.2) is 52.5 Å². The number of rotatable bonds is 6. The molecule has 6 rings (SSSR count). The summed E-state index contributed by atoms with van der Waals surface area (Å²) >= 11 is 1.27. The number of hydrogen-bond acceptors (Lipinski definition) is 8. The molecule has 38 heavy (non-hydrogen) atoms. The molecule has 2 aromatic heterocycles. The lowest BCUT2D eigenvalue weighted by atomic mass is 10.1. The van der Waals surface area contributed by atoms with Crippen molar-refractivity contribution >= 4 is 49.9 Å². The second-order valence-electron chi connectivity index (χ2n) is 9.41. The second kappa shape index (κ2) is 10.1. The van der Waals surface area contributed by atoms with Crippen LogP contribution in [0, 0.1) is 6.92 Å².